The molecule has 0 atom stereocenters. The van der Waals surface area contributed by atoms with Crippen molar-refractivity contribution in [2.24, 2.45) is 0 Å². The van der Waals surface area contributed by atoms with Crippen molar-refractivity contribution in [2.45, 2.75) is 13.2 Å². The number of nitrogens with zero attached hydrogens (tertiary/aromatic N) is 1. The zero-order chi connectivity index (χ0) is 15.2. The lowest BCUT2D eigenvalue weighted by Gasteiger charge is -2.09. The van der Waals surface area contributed by atoms with Crippen LogP contribution in [0.3, 0.4) is 0 Å². The summed E-state index contributed by atoms with van der Waals surface area (Å²) in [6.07, 6.45) is 0. The minimum atomic E-state index is -0.641. The number of ether oxygens (including phenoxy) is 1. The molecule has 5 nitrogen and oxygen atoms in total. The van der Waals surface area contributed by atoms with Gasteiger partial charge in [0.2, 0.25) is 0 Å². The van der Waals surface area contributed by atoms with Crippen LogP contribution in [0.1, 0.15) is 11.1 Å². The van der Waals surface area contributed by atoms with Crippen molar-refractivity contribution in [3.63, 3.8) is 0 Å². The van der Waals surface area contributed by atoms with Gasteiger partial charge in [0.1, 0.15) is 0 Å². The molecule has 0 bridgehead atoms. The number of non-ortho nitro benzene ring substituents is 1. The number of nitro groups is 1. The Hall–Kier alpha value is -2.47. The summed E-state index contributed by atoms with van der Waals surface area (Å²) in [5.74, 6) is -0.641. The first-order valence-electron chi connectivity index (χ1n) is 6.34. The summed E-state index contributed by atoms with van der Waals surface area (Å²) in [5.41, 5.74) is 1.97. The second-order valence-electron chi connectivity index (χ2n) is 4.53. The van der Waals surface area contributed by atoms with Crippen LogP contribution in [-0.4, -0.2) is 12.0 Å². The van der Waals surface area contributed by atoms with E-state index in [1.54, 1.807) is 7.11 Å². The molecule has 0 unspecified atom stereocenters. The smallest absolute Gasteiger partial charge is 0.272 e. The molecule has 2 aromatic rings. The van der Waals surface area contributed by atoms with Gasteiger partial charge in [-0.05, 0) is 17.2 Å². The Morgan fingerprint density at radius 3 is 2.67 bits per heavy atom. The van der Waals surface area contributed by atoms with Crippen LogP contribution in [-0.2, 0) is 17.9 Å². The van der Waals surface area contributed by atoms with Crippen molar-refractivity contribution in [1.29, 1.82) is 0 Å². The normalized spacial score (nSPS) is 10.4. The van der Waals surface area contributed by atoms with Gasteiger partial charge < -0.3 is 10.1 Å². The largest absolute Gasteiger partial charge is 0.380 e. The molecule has 0 radical (unpaired) electrons. The van der Waals surface area contributed by atoms with Crippen molar-refractivity contribution < 1.29 is 14.1 Å². The van der Waals surface area contributed by atoms with E-state index in [9.17, 15) is 14.5 Å². The van der Waals surface area contributed by atoms with Crippen LogP contribution >= 0.6 is 0 Å². The number of rotatable bonds is 6. The maximum atomic E-state index is 13.7. The minimum Gasteiger partial charge on any atom is -0.380 e. The number of nitro benzene ring substituents is 1. The second kappa shape index (κ2) is 6.81. The molecule has 1 N–H and O–H groups in total. The highest BCUT2D eigenvalue weighted by atomic mass is 19.1. The molecule has 0 heterocycles. The molecule has 0 saturated heterocycles. The average molecular weight is 290 g/mol. The number of methoxy groups -OCH3 is 1. The SMILES string of the molecule is COCc1cccc(CNc2ccc([N+](=O)[O-])cc2F)c1. The lowest BCUT2D eigenvalue weighted by atomic mass is 10.1. The van der Waals surface area contributed by atoms with E-state index in [2.05, 4.69) is 5.32 Å². The summed E-state index contributed by atoms with van der Waals surface area (Å²) in [6, 6.07) is 11.3. The van der Waals surface area contributed by atoms with Gasteiger partial charge in [-0.3, -0.25) is 10.1 Å². The fourth-order valence-electron chi connectivity index (χ4n) is 1.95. The Balaban J connectivity index is 2.06. The van der Waals surface area contributed by atoms with E-state index < -0.39 is 10.7 Å². The monoisotopic (exact) mass is 290 g/mol. The van der Waals surface area contributed by atoms with Gasteiger partial charge in [-0.2, -0.15) is 0 Å². The maximum Gasteiger partial charge on any atom is 0.272 e. The fourth-order valence-corrected chi connectivity index (χ4v) is 1.95. The van der Waals surface area contributed by atoms with E-state index in [0.29, 0.717) is 13.2 Å². The minimum absolute atomic E-state index is 0.234. The molecule has 0 aromatic heterocycles. The van der Waals surface area contributed by atoms with E-state index in [0.717, 1.165) is 17.2 Å². The molecule has 0 aliphatic heterocycles. The van der Waals surface area contributed by atoms with Crippen molar-refractivity contribution in [3.05, 3.63) is 69.5 Å². The third-order valence-electron chi connectivity index (χ3n) is 2.95. The Kier molecular flexibility index (Phi) is 4.84. The van der Waals surface area contributed by atoms with Crippen LogP contribution in [0.5, 0.6) is 0 Å². The van der Waals surface area contributed by atoms with Crippen molar-refractivity contribution in [2.75, 3.05) is 12.4 Å². The summed E-state index contributed by atoms with van der Waals surface area (Å²) in [4.78, 5) is 9.93. The van der Waals surface area contributed by atoms with Crippen LogP contribution in [0.4, 0.5) is 15.8 Å². The van der Waals surface area contributed by atoms with Crippen molar-refractivity contribution in [1.82, 2.24) is 0 Å². The lowest BCUT2D eigenvalue weighted by Crippen LogP contribution is -2.02. The van der Waals surface area contributed by atoms with Gasteiger partial charge in [0.05, 0.1) is 23.3 Å². The third kappa shape index (κ3) is 4.00. The molecule has 2 rings (SSSR count). The Labute approximate surface area is 121 Å². The molecule has 6 heteroatoms. The first kappa shape index (κ1) is 14.9. The predicted octanol–water partition coefficient (Wildman–Crippen LogP) is 3.49. The summed E-state index contributed by atoms with van der Waals surface area (Å²) in [6.45, 7) is 0.937. The number of hydrogen-bond donors (Lipinski definition) is 1. The molecule has 21 heavy (non-hydrogen) atoms. The van der Waals surface area contributed by atoms with Gasteiger partial charge in [0.15, 0.2) is 5.82 Å². The zero-order valence-electron chi connectivity index (χ0n) is 11.5. The first-order valence-corrected chi connectivity index (χ1v) is 6.34. The molecular weight excluding hydrogens is 275 g/mol. The third-order valence-corrected chi connectivity index (χ3v) is 2.95. The Bertz CT molecular complexity index is 647. The fraction of sp³-hybridized carbons (Fsp3) is 0.200. The van der Waals surface area contributed by atoms with E-state index in [-0.39, 0.29) is 11.4 Å². The molecule has 0 amide bonds. The van der Waals surface area contributed by atoms with E-state index in [4.69, 9.17) is 4.74 Å². The molecule has 110 valence electrons. The lowest BCUT2D eigenvalue weighted by molar-refractivity contribution is -0.385. The molecule has 0 fully saturated rings. The summed E-state index contributed by atoms with van der Waals surface area (Å²) >= 11 is 0. The quantitative estimate of drug-likeness (QED) is 0.653. The maximum absolute atomic E-state index is 13.7. The van der Waals surface area contributed by atoms with Crippen molar-refractivity contribution >= 4 is 11.4 Å². The predicted molar refractivity (Wildman–Crippen MR) is 77.5 cm³/mol. The molecular formula is C15H15FN2O3. The standard InChI is InChI=1S/C15H15FN2O3/c1-21-10-12-4-2-3-11(7-12)9-17-15-6-5-13(18(19)20)8-14(15)16/h2-8,17H,9-10H2,1H3. The molecule has 0 aliphatic rings. The van der Waals surface area contributed by atoms with Crippen LogP contribution in [0.2, 0.25) is 0 Å². The van der Waals surface area contributed by atoms with E-state index in [1.807, 2.05) is 24.3 Å². The van der Waals surface area contributed by atoms with Crippen molar-refractivity contribution in [3.8, 4) is 0 Å². The highest BCUT2D eigenvalue weighted by molar-refractivity contribution is 5.50. The number of hydrogen-bond acceptors (Lipinski definition) is 4. The topological polar surface area (TPSA) is 64.4 Å². The summed E-state index contributed by atoms with van der Waals surface area (Å²) < 4.78 is 18.8. The molecule has 2 aromatic carbocycles. The van der Waals surface area contributed by atoms with E-state index >= 15 is 0 Å². The van der Waals surface area contributed by atoms with Gasteiger partial charge in [-0.15, -0.1) is 0 Å². The highest BCUT2D eigenvalue weighted by Gasteiger charge is 2.10. The van der Waals surface area contributed by atoms with Gasteiger partial charge in [-0.25, -0.2) is 4.39 Å². The highest BCUT2D eigenvalue weighted by Crippen LogP contribution is 2.21. The molecule has 0 aliphatic carbocycles. The van der Waals surface area contributed by atoms with Crippen LogP contribution in [0.25, 0.3) is 0 Å². The second-order valence-corrected chi connectivity index (χ2v) is 4.53. The Morgan fingerprint density at radius 2 is 2.00 bits per heavy atom. The Morgan fingerprint density at radius 1 is 1.24 bits per heavy atom. The van der Waals surface area contributed by atoms with Gasteiger partial charge in [-0.1, -0.05) is 24.3 Å². The summed E-state index contributed by atoms with van der Waals surface area (Å²) in [5, 5.41) is 13.5. The van der Waals surface area contributed by atoms with Gasteiger partial charge in [0, 0.05) is 19.7 Å². The number of anilines is 1. The van der Waals surface area contributed by atoms with Crippen LogP contribution in [0, 0.1) is 15.9 Å². The molecule has 0 saturated carbocycles. The zero-order valence-corrected chi connectivity index (χ0v) is 11.5. The number of halogens is 1. The summed E-state index contributed by atoms with van der Waals surface area (Å²) in [7, 11) is 1.62. The van der Waals surface area contributed by atoms with Gasteiger partial charge in [0.25, 0.3) is 5.69 Å². The average Bonchev–Trinajstić information content (AvgIpc) is 2.46. The van der Waals surface area contributed by atoms with E-state index in [1.165, 1.54) is 12.1 Å². The number of nitrogens with one attached hydrogen (secondary N) is 1. The van der Waals surface area contributed by atoms with Gasteiger partial charge >= 0.3 is 0 Å². The van der Waals surface area contributed by atoms with Crippen LogP contribution in [0.15, 0.2) is 42.5 Å². The first-order chi connectivity index (χ1) is 10.1. The van der Waals surface area contributed by atoms with Crippen LogP contribution < -0.4 is 5.32 Å². The molecule has 0 spiro atoms. The number of benzene rings is 2.